The second kappa shape index (κ2) is 8.82. The highest BCUT2D eigenvalue weighted by Crippen LogP contribution is 2.10. The Bertz CT molecular complexity index is 488. The summed E-state index contributed by atoms with van der Waals surface area (Å²) in [6, 6.07) is 4.92. The lowest BCUT2D eigenvalue weighted by molar-refractivity contribution is -0.138. The fourth-order valence-corrected chi connectivity index (χ4v) is 1.73. The molecule has 122 valence electrons. The van der Waals surface area contributed by atoms with Gasteiger partial charge in [-0.3, -0.25) is 10.2 Å². The molecular weight excluding hydrogens is 290 g/mol. The topological polar surface area (TPSA) is 154 Å². The van der Waals surface area contributed by atoms with E-state index < -0.39 is 18.0 Å². The van der Waals surface area contributed by atoms with Crippen LogP contribution in [0.3, 0.4) is 0 Å². The smallest absolute Gasteiger partial charge is 0.326 e. The van der Waals surface area contributed by atoms with E-state index >= 15 is 0 Å². The van der Waals surface area contributed by atoms with Crippen molar-refractivity contribution in [2.45, 2.75) is 12.5 Å². The second-order valence-corrected chi connectivity index (χ2v) is 4.71. The van der Waals surface area contributed by atoms with Gasteiger partial charge in [0.05, 0.1) is 6.67 Å². The quantitative estimate of drug-likeness (QED) is 0.407. The number of hydrogen-bond acceptors (Lipinski definition) is 6. The Morgan fingerprint density at radius 1 is 1.36 bits per heavy atom. The highest BCUT2D eigenvalue weighted by molar-refractivity contribution is 5.73. The van der Waals surface area contributed by atoms with Crippen molar-refractivity contribution in [3.8, 4) is 5.75 Å². The lowest BCUT2D eigenvalue weighted by Gasteiger charge is -2.12. The van der Waals surface area contributed by atoms with Crippen LogP contribution in [0.1, 0.15) is 5.56 Å². The molecule has 0 aromatic heterocycles. The molecule has 1 aromatic carbocycles. The number of nitrogens with zero attached hydrogens (tertiary/aromatic N) is 1. The van der Waals surface area contributed by atoms with Crippen molar-refractivity contribution >= 4 is 12.0 Å². The molecule has 0 unspecified atom stereocenters. The lowest BCUT2D eigenvalue weighted by atomic mass is 10.1. The molecule has 9 nitrogen and oxygen atoms in total. The van der Waals surface area contributed by atoms with E-state index in [-0.39, 0.29) is 12.2 Å². The summed E-state index contributed by atoms with van der Waals surface area (Å²) in [4.78, 5) is 20.6. The van der Waals surface area contributed by atoms with Crippen LogP contribution >= 0.6 is 0 Å². The van der Waals surface area contributed by atoms with Crippen molar-refractivity contribution in [1.29, 1.82) is 0 Å². The summed E-state index contributed by atoms with van der Waals surface area (Å²) in [6.07, 6.45) is 0.273. The number of carbonyl (C=O) groups is 2. The molecule has 1 heterocycles. The summed E-state index contributed by atoms with van der Waals surface area (Å²) in [7, 11) is 0. The molecule has 0 saturated carbocycles. The largest absolute Gasteiger partial charge is 0.508 e. The highest BCUT2D eigenvalue weighted by Gasteiger charge is 2.11. The Morgan fingerprint density at radius 2 is 2.00 bits per heavy atom. The van der Waals surface area contributed by atoms with Crippen LogP contribution in [0.5, 0.6) is 5.75 Å². The van der Waals surface area contributed by atoms with Crippen molar-refractivity contribution in [2.24, 2.45) is 11.5 Å². The van der Waals surface area contributed by atoms with Crippen molar-refractivity contribution in [1.82, 2.24) is 15.8 Å². The number of urea groups is 1. The summed E-state index contributed by atoms with van der Waals surface area (Å²) < 4.78 is 0. The number of nitrogens with two attached hydrogens (primary N) is 2. The van der Waals surface area contributed by atoms with Crippen LogP contribution < -0.4 is 22.2 Å². The number of carbonyl (C=O) groups excluding carboxylic acids is 1. The van der Waals surface area contributed by atoms with Gasteiger partial charge in [-0.15, -0.1) is 0 Å². The van der Waals surface area contributed by atoms with E-state index in [0.717, 1.165) is 18.7 Å². The van der Waals surface area contributed by atoms with Crippen molar-refractivity contribution in [3.63, 3.8) is 0 Å². The molecule has 0 aliphatic carbocycles. The van der Waals surface area contributed by atoms with Crippen LogP contribution in [0.4, 0.5) is 4.79 Å². The molecule has 2 rings (SSSR count). The molecule has 22 heavy (non-hydrogen) atoms. The van der Waals surface area contributed by atoms with E-state index in [4.69, 9.17) is 21.7 Å². The summed E-state index contributed by atoms with van der Waals surface area (Å²) in [5.41, 5.74) is 13.4. The standard InChI is InChI=1S/C9H11NO3.C4H10N4O/c10-8(9(12)13)5-6-1-3-7(11)4-2-6;5-4(9)7-8-2-1-6-3-8/h1-4,8,11H,5,10H2,(H,12,13);6H,1-3H2,(H3,5,7,9)/t8-;/m0./s1. The Balaban J connectivity index is 0.000000235. The monoisotopic (exact) mass is 311 g/mol. The number of aliphatic carboxylic acids is 1. The molecule has 8 N–H and O–H groups in total. The maximum absolute atomic E-state index is 10.4. The first-order valence-electron chi connectivity index (χ1n) is 6.66. The van der Waals surface area contributed by atoms with Gasteiger partial charge in [0, 0.05) is 13.1 Å². The van der Waals surface area contributed by atoms with Gasteiger partial charge < -0.3 is 27.0 Å². The van der Waals surface area contributed by atoms with Crippen LogP contribution in [0.15, 0.2) is 24.3 Å². The molecular formula is C13H21N5O4. The van der Waals surface area contributed by atoms with Gasteiger partial charge in [-0.2, -0.15) is 0 Å². The van der Waals surface area contributed by atoms with E-state index in [1.807, 2.05) is 0 Å². The number of carboxylic acids is 1. The minimum atomic E-state index is -1.02. The van der Waals surface area contributed by atoms with E-state index in [2.05, 4.69) is 10.7 Å². The van der Waals surface area contributed by atoms with E-state index in [1.165, 1.54) is 12.1 Å². The number of benzene rings is 1. The third-order valence-corrected chi connectivity index (χ3v) is 2.84. The van der Waals surface area contributed by atoms with E-state index in [9.17, 15) is 9.59 Å². The maximum atomic E-state index is 10.4. The molecule has 9 heteroatoms. The molecule has 0 radical (unpaired) electrons. The predicted octanol–water partition coefficient (Wildman–Crippen LogP) is -1.22. The third kappa shape index (κ3) is 6.88. The number of rotatable bonds is 4. The SMILES string of the molecule is NC(=O)NN1CCNC1.N[C@@H](Cc1ccc(O)cc1)C(=O)O. The van der Waals surface area contributed by atoms with Gasteiger partial charge in [0.1, 0.15) is 11.8 Å². The van der Waals surface area contributed by atoms with Crippen LogP contribution in [-0.4, -0.2) is 53.0 Å². The third-order valence-electron chi connectivity index (χ3n) is 2.84. The first-order valence-corrected chi connectivity index (χ1v) is 6.66. The molecule has 1 fully saturated rings. The Kier molecular flexibility index (Phi) is 7.09. The highest BCUT2D eigenvalue weighted by atomic mass is 16.4. The lowest BCUT2D eigenvalue weighted by Crippen LogP contribution is -2.44. The Hall–Kier alpha value is -2.36. The molecule has 0 bridgehead atoms. The molecule has 0 spiro atoms. The summed E-state index contributed by atoms with van der Waals surface area (Å²) in [5.74, 6) is -0.860. The summed E-state index contributed by atoms with van der Waals surface area (Å²) in [6.45, 7) is 2.41. The van der Waals surface area contributed by atoms with Gasteiger partial charge in [-0.05, 0) is 24.1 Å². The number of hydrogen-bond donors (Lipinski definition) is 6. The average Bonchev–Trinajstić information content (AvgIpc) is 2.94. The fourth-order valence-electron chi connectivity index (χ4n) is 1.73. The van der Waals surface area contributed by atoms with Gasteiger partial charge in [0.15, 0.2) is 0 Å². The number of primary amides is 1. The maximum Gasteiger partial charge on any atom is 0.326 e. The zero-order valence-corrected chi connectivity index (χ0v) is 12.0. The van der Waals surface area contributed by atoms with Crippen LogP contribution in [0.2, 0.25) is 0 Å². The molecule has 1 aliphatic rings. The fraction of sp³-hybridized carbons (Fsp3) is 0.385. The molecule has 1 saturated heterocycles. The number of amides is 2. The second-order valence-electron chi connectivity index (χ2n) is 4.71. The number of aromatic hydroxyl groups is 1. The molecule has 1 aliphatic heterocycles. The van der Waals surface area contributed by atoms with Crippen LogP contribution in [0, 0.1) is 0 Å². The van der Waals surface area contributed by atoms with Gasteiger partial charge >= 0.3 is 12.0 Å². The number of phenols is 1. The van der Waals surface area contributed by atoms with Crippen molar-refractivity contribution < 1.29 is 19.8 Å². The Labute approximate surface area is 127 Å². The average molecular weight is 311 g/mol. The van der Waals surface area contributed by atoms with Crippen LogP contribution in [-0.2, 0) is 11.2 Å². The predicted molar refractivity (Wildman–Crippen MR) is 79.7 cm³/mol. The van der Waals surface area contributed by atoms with Crippen LogP contribution in [0.25, 0.3) is 0 Å². The van der Waals surface area contributed by atoms with Gasteiger partial charge in [0.2, 0.25) is 0 Å². The Morgan fingerprint density at radius 3 is 2.45 bits per heavy atom. The number of carboxylic acid groups (broad SMARTS) is 1. The van der Waals surface area contributed by atoms with Gasteiger partial charge in [-0.1, -0.05) is 12.1 Å². The molecule has 1 atom stereocenters. The van der Waals surface area contributed by atoms with Gasteiger partial charge in [0.25, 0.3) is 0 Å². The number of nitrogens with one attached hydrogen (secondary N) is 2. The first kappa shape index (κ1) is 17.7. The number of phenolic OH excluding ortho intramolecular Hbond substituents is 1. The molecule has 2 amide bonds. The van der Waals surface area contributed by atoms with E-state index in [0.29, 0.717) is 6.67 Å². The van der Waals surface area contributed by atoms with E-state index in [1.54, 1.807) is 17.1 Å². The minimum Gasteiger partial charge on any atom is -0.508 e. The number of hydrazine groups is 1. The summed E-state index contributed by atoms with van der Waals surface area (Å²) >= 11 is 0. The van der Waals surface area contributed by atoms with Crippen molar-refractivity contribution in [3.05, 3.63) is 29.8 Å². The summed E-state index contributed by atoms with van der Waals surface area (Å²) in [5, 5.41) is 22.2. The molecule has 1 aromatic rings. The zero-order valence-electron chi connectivity index (χ0n) is 12.0. The zero-order chi connectivity index (χ0) is 16.5. The first-order chi connectivity index (χ1) is 10.4. The minimum absolute atomic E-state index is 0.160. The van der Waals surface area contributed by atoms with Crippen molar-refractivity contribution in [2.75, 3.05) is 19.8 Å². The van der Waals surface area contributed by atoms with Gasteiger partial charge in [-0.25, -0.2) is 9.80 Å². The normalized spacial score (nSPS) is 15.5.